The zero-order valence-electron chi connectivity index (χ0n) is 10.8. The summed E-state index contributed by atoms with van der Waals surface area (Å²) in [4.78, 5) is 21.9. The normalized spacial score (nSPS) is 13.2. The summed E-state index contributed by atoms with van der Waals surface area (Å²) in [5.74, 6) is -1.30. The first-order valence-electron chi connectivity index (χ1n) is 6.03. The molecular formula is C12H23NO4. The van der Waals surface area contributed by atoms with Crippen LogP contribution in [0.4, 0.5) is 0 Å². The molecule has 1 atom stereocenters. The van der Waals surface area contributed by atoms with Gasteiger partial charge >= 0.3 is 5.97 Å². The Labute approximate surface area is 102 Å². The number of carbonyl (C=O) groups is 2. The summed E-state index contributed by atoms with van der Waals surface area (Å²) >= 11 is 0. The summed E-state index contributed by atoms with van der Waals surface area (Å²) in [6.07, 6.45) is 1.32. The molecule has 0 radical (unpaired) electrons. The van der Waals surface area contributed by atoms with Crippen LogP contribution < -0.4 is 5.32 Å². The van der Waals surface area contributed by atoms with Gasteiger partial charge in [-0.3, -0.25) is 9.59 Å². The number of hydrogen-bond acceptors (Lipinski definition) is 3. The molecule has 0 fully saturated rings. The van der Waals surface area contributed by atoms with E-state index in [-0.39, 0.29) is 31.2 Å². The van der Waals surface area contributed by atoms with E-state index in [0.29, 0.717) is 12.8 Å². The monoisotopic (exact) mass is 245 g/mol. The Bertz CT molecular complexity index is 261. The molecule has 0 saturated heterocycles. The minimum Gasteiger partial charge on any atom is -0.481 e. The Morgan fingerprint density at radius 3 is 2.18 bits per heavy atom. The predicted molar refractivity (Wildman–Crippen MR) is 64.6 cm³/mol. The van der Waals surface area contributed by atoms with Crippen LogP contribution in [-0.2, 0) is 9.59 Å². The number of rotatable bonds is 8. The average Bonchev–Trinajstić information content (AvgIpc) is 2.24. The number of carboxylic acids is 1. The van der Waals surface area contributed by atoms with E-state index < -0.39 is 11.6 Å². The van der Waals surface area contributed by atoms with E-state index in [1.54, 1.807) is 6.92 Å². The van der Waals surface area contributed by atoms with Crippen molar-refractivity contribution in [1.29, 1.82) is 0 Å². The molecule has 5 nitrogen and oxygen atoms in total. The van der Waals surface area contributed by atoms with E-state index >= 15 is 0 Å². The van der Waals surface area contributed by atoms with Crippen LogP contribution >= 0.6 is 0 Å². The van der Waals surface area contributed by atoms with Gasteiger partial charge in [-0.15, -0.1) is 0 Å². The van der Waals surface area contributed by atoms with Gasteiger partial charge in [-0.05, 0) is 18.8 Å². The van der Waals surface area contributed by atoms with Gasteiger partial charge in [0.1, 0.15) is 0 Å². The first-order chi connectivity index (χ1) is 7.83. The van der Waals surface area contributed by atoms with Crippen molar-refractivity contribution in [3.05, 3.63) is 0 Å². The van der Waals surface area contributed by atoms with E-state index in [9.17, 15) is 14.7 Å². The largest absolute Gasteiger partial charge is 0.481 e. The number of nitrogens with one attached hydrogen (secondary N) is 1. The van der Waals surface area contributed by atoms with Crippen LogP contribution in [0.25, 0.3) is 0 Å². The molecule has 1 amide bonds. The topological polar surface area (TPSA) is 86.6 Å². The van der Waals surface area contributed by atoms with Gasteiger partial charge in [-0.1, -0.05) is 20.8 Å². The van der Waals surface area contributed by atoms with Crippen LogP contribution in [0.3, 0.4) is 0 Å². The second-order valence-electron chi connectivity index (χ2n) is 4.62. The Morgan fingerprint density at radius 2 is 1.76 bits per heavy atom. The van der Waals surface area contributed by atoms with Crippen LogP contribution in [0.1, 0.15) is 46.5 Å². The number of carboxylic acid groups (broad SMARTS) is 1. The van der Waals surface area contributed by atoms with Crippen molar-refractivity contribution in [2.45, 2.75) is 52.1 Å². The Balaban J connectivity index is 3.98. The highest BCUT2D eigenvalue weighted by atomic mass is 16.4. The lowest BCUT2D eigenvalue weighted by molar-refractivity contribution is -0.138. The van der Waals surface area contributed by atoms with Gasteiger partial charge in [-0.25, -0.2) is 0 Å². The molecule has 0 aromatic carbocycles. The summed E-state index contributed by atoms with van der Waals surface area (Å²) in [5, 5.41) is 21.2. The molecule has 0 heterocycles. The van der Waals surface area contributed by atoms with Crippen molar-refractivity contribution in [2.24, 2.45) is 5.92 Å². The van der Waals surface area contributed by atoms with E-state index in [0.717, 1.165) is 0 Å². The molecule has 5 heteroatoms. The van der Waals surface area contributed by atoms with E-state index in [1.165, 1.54) is 0 Å². The van der Waals surface area contributed by atoms with Crippen LogP contribution in [0.5, 0.6) is 0 Å². The first kappa shape index (κ1) is 15.9. The Morgan fingerprint density at radius 1 is 1.24 bits per heavy atom. The van der Waals surface area contributed by atoms with Gasteiger partial charge in [0.15, 0.2) is 0 Å². The van der Waals surface area contributed by atoms with Crippen molar-refractivity contribution in [3.63, 3.8) is 0 Å². The number of aliphatic carboxylic acids is 1. The van der Waals surface area contributed by atoms with E-state index in [1.807, 2.05) is 13.8 Å². The lowest BCUT2D eigenvalue weighted by Gasteiger charge is -2.25. The SMILES string of the molecule is CCC(O)(CC)CNC(=O)CC(C)CC(=O)O. The van der Waals surface area contributed by atoms with Crippen LogP contribution in [-0.4, -0.2) is 34.2 Å². The van der Waals surface area contributed by atoms with E-state index in [2.05, 4.69) is 5.32 Å². The molecular weight excluding hydrogens is 222 g/mol. The van der Waals surface area contributed by atoms with Gasteiger partial charge in [-0.2, -0.15) is 0 Å². The molecule has 17 heavy (non-hydrogen) atoms. The standard InChI is InChI=1S/C12H23NO4/c1-4-12(17,5-2)8-13-10(14)6-9(3)7-11(15)16/h9,17H,4-8H2,1-3H3,(H,13,14)(H,15,16). The second-order valence-corrected chi connectivity index (χ2v) is 4.62. The molecule has 0 bridgehead atoms. The van der Waals surface area contributed by atoms with Gasteiger partial charge in [0.25, 0.3) is 0 Å². The third-order valence-corrected chi connectivity index (χ3v) is 2.99. The fourth-order valence-electron chi connectivity index (χ4n) is 1.52. The molecule has 0 saturated carbocycles. The zero-order chi connectivity index (χ0) is 13.5. The smallest absolute Gasteiger partial charge is 0.303 e. The molecule has 0 rings (SSSR count). The van der Waals surface area contributed by atoms with Gasteiger partial charge < -0.3 is 15.5 Å². The van der Waals surface area contributed by atoms with Gasteiger partial charge in [0.05, 0.1) is 5.60 Å². The maximum Gasteiger partial charge on any atom is 0.303 e. The van der Waals surface area contributed by atoms with E-state index in [4.69, 9.17) is 5.11 Å². The molecule has 1 unspecified atom stereocenters. The highest BCUT2D eigenvalue weighted by Crippen LogP contribution is 2.13. The maximum atomic E-state index is 11.5. The van der Waals surface area contributed by atoms with Gasteiger partial charge in [0, 0.05) is 19.4 Å². The van der Waals surface area contributed by atoms with Crippen molar-refractivity contribution in [1.82, 2.24) is 5.32 Å². The summed E-state index contributed by atoms with van der Waals surface area (Å²) in [6, 6.07) is 0. The van der Waals surface area contributed by atoms with Crippen molar-refractivity contribution in [2.75, 3.05) is 6.54 Å². The molecule has 0 aromatic heterocycles. The number of amides is 1. The third kappa shape index (κ3) is 6.94. The summed E-state index contributed by atoms with van der Waals surface area (Å²) in [7, 11) is 0. The second kappa shape index (κ2) is 7.27. The summed E-state index contributed by atoms with van der Waals surface area (Å²) in [5.41, 5.74) is -0.855. The molecule has 0 aliphatic heterocycles. The highest BCUT2D eigenvalue weighted by molar-refractivity contribution is 5.77. The molecule has 0 aliphatic carbocycles. The highest BCUT2D eigenvalue weighted by Gasteiger charge is 2.23. The number of aliphatic hydroxyl groups is 1. The van der Waals surface area contributed by atoms with Gasteiger partial charge in [0.2, 0.25) is 5.91 Å². The summed E-state index contributed by atoms with van der Waals surface area (Å²) < 4.78 is 0. The fourth-order valence-corrected chi connectivity index (χ4v) is 1.52. The van der Waals surface area contributed by atoms with Crippen molar-refractivity contribution in [3.8, 4) is 0 Å². The average molecular weight is 245 g/mol. The molecule has 3 N–H and O–H groups in total. The Kier molecular flexibility index (Phi) is 6.80. The predicted octanol–water partition coefficient (Wildman–Crippen LogP) is 1.15. The quantitative estimate of drug-likeness (QED) is 0.599. The first-order valence-corrected chi connectivity index (χ1v) is 6.03. The van der Waals surface area contributed by atoms with Crippen LogP contribution in [0, 0.1) is 5.92 Å². The lowest BCUT2D eigenvalue weighted by Crippen LogP contribution is -2.42. The zero-order valence-corrected chi connectivity index (χ0v) is 10.8. The summed E-state index contributed by atoms with van der Waals surface area (Å²) in [6.45, 7) is 5.67. The lowest BCUT2D eigenvalue weighted by atomic mass is 9.97. The number of hydrogen-bond donors (Lipinski definition) is 3. The third-order valence-electron chi connectivity index (χ3n) is 2.99. The fraction of sp³-hybridized carbons (Fsp3) is 0.833. The molecule has 100 valence electrons. The number of carbonyl (C=O) groups excluding carboxylic acids is 1. The van der Waals surface area contributed by atoms with Crippen molar-refractivity contribution < 1.29 is 19.8 Å². The van der Waals surface area contributed by atoms with Crippen molar-refractivity contribution >= 4 is 11.9 Å². The maximum absolute atomic E-state index is 11.5. The molecule has 0 spiro atoms. The Hall–Kier alpha value is -1.10. The minimum atomic E-state index is -0.899. The van der Waals surface area contributed by atoms with Crippen LogP contribution in [0.2, 0.25) is 0 Å². The minimum absolute atomic E-state index is 0.0146. The molecule has 0 aliphatic rings. The van der Waals surface area contributed by atoms with Crippen LogP contribution in [0.15, 0.2) is 0 Å². The molecule has 0 aromatic rings.